The van der Waals surface area contributed by atoms with E-state index in [0.717, 1.165) is 36.5 Å². The van der Waals surface area contributed by atoms with Gasteiger partial charge in [-0.05, 0) is 37.1 Å². The van der Waals surface area contributed by atoms with Crippen LogP contribution in [0.2, 0.25) is 0 Å². The lowest BCUT2D eigenvalue weighted by Crippen LogP contribution is -2.39. The molecule has 0 unspecified atom stereocenters. The molecular formula is C22H24N6O. The van der Waals surface area contributed by atoms with Gasteiger partial charge in [0.05, 0.1) is 5.69 Å². The van der Waals surface area contributed by atoms with Crippen molar-refractivity contribution in [2.24, 2.45) is 0 Å². The standard InChI is InChI=1S/C22H24N6O/c1-27(2)20-13-19(25-21(26-20)17-5-3-9-24-14-17)18-6-4-12-28(15-18)22(29)16-7-10-23-11-8-16/h3,5,7-11,13-14,18H,4,6,12,15H2,1-2H3/t18-/m1/s1. The lowest BCUT2D eigenvalue weighted by Gasteiger charge is -2.33. The van der Waals surface area contributed by atoms with Crippen molar-refractivity contribution in [2.75, 3.05) is 32.1 Å². The van der Waals surface area contributed by atoms with E-state index in [1.54, 1.807) is 36.9 Å². The van der Waals surface area contributed by atoms with Gasteiger partial charge in [-0.1, -0.05) is 0 Å². The van der Waals surface area contributed by atoms with Gasteiger partial charge >= 0.3 is 0 Å². The van der Waals surface area contributed by atoms with Gasteiger partial charge in [0.2, 0.25) is 0 Å². The minimum atomic E-state index is 0.0477. The Hall–Kier alpha value is -3.35. The average Bonchev–Trinajstić information content (AvgIpc) is 2.79. The average molecular weight is 388 g/mol. The van der Waals surface area contributed by atoms with Gasteiger partial charge in [0, 0.05) is 75.1 Å². The first-order valence-corrected chi connectivity index (χ1v) is 9.78. The van der Waals surface area contributed by atoms with Crippen molar-refractivity contribution >= 4 is 11.7 Å². The Morgan fingerprint density at radius 1 is 1.10 bits per heavy atom. The topological polar surface area (TPSA) is 75.1 Å². The summed E-state index contributed by atoms with van der Waals surface area (Å²) >= 11 is 0. The molecule has 4 rings (SSSR count). The summed E-state index contributed by atoms with van der Waals surface area (Å²) in [5.74, 6) is 1.74. The largest absolute Gasteiger partial charge is 0.363 e. The Kier molecular flexibility index (Phi) is 5.46. The molecule has 0 N–H and O–H groups in total. The minimum absolute atomic E-state index is 0.0477. The molecule has 1 aliphatic heterocycles. The molecule has 1 amide bonds. The Labute approximate surface area is 170 Å². The predicted molar refractivity (Wildman–Crippen MR) is 112 cm³/mol. The molecule has 3 aromatic heterocycles. The van der Waals surface area contributed by atoms with Gasteiger partial charge in [0.1, 0.15) is 5.82 Å². The Morgan fingerprint density at radius 3 is 2.66 bits per heavy atom. The molecule has 29 heavy (non-hydrogen) atoms. The van der Waals surface area contributed by atoms with Crippen LogP contribution >= 0.6 is 0 Å². The Morgan fingerprint density at radius 2 is 1.93 bits per heavy atom. The number of aromatic nitrogens is 4. The summed E-state index contributed by atoms with van der Waals surface area (Å²) in [6.07, 6.45) is 8.77. The second-order valence-corrected chi connectivity index (χ2v) is 7.44. The number of rotatable bonds is 4. The Balaban J connectivity index is 1.63. The van der Waals surface area contributed by atoms with Crippen LogP contribution in [-0.4, -0.2) is 57.9 Å². The molecule has 0 saturated carbocycles. The van der Waals surface area contributed by atoms with Crippen LogP contribution < -0.4 is 4.90 Å². The maximum absolute atomic E-state index is 12.9. The normalized spacial score (nSPS) is 16.5. The third-order valence-corrected chi connectivity index (χ3v) is 5.16. The number of anilines is 1. The van der Waals surface area contributed by atoms with Crippen LogP contribution in [0, 0.1) is 0 Å². The monoisotopic (exact) mass is 388 g/mol. The summed E-state index contributed by atoms with van der Waals surface area (Å²) in [4.78, 5) is 34.5. The highest BCUT2D eigenvalue weighted by molar-refractivity contribution is 5.94. The van der Waals surface area contributed by atoms with Gasteiger partial charge in [0.25, 0.3) is 5.91 Å². The van der Waals surface area contributed by atoms with E-state index < -0.39 is 0 Å². The van der Waals surface area contributed by atoms with E-state index >= 15 is 0 Å². The van der Waals surface area contributed by atoms with Crippen molar-refractivity contribution < 1.29 is 4.79 Å². The highest BCUT2D eigenvalue weighted by Gasteiger charge is 2.27. The van der Waals surface area contributed by atoms with Crippen molar-refractivity contribution in [1.82, 2.24) is 24.8 Å². The molecular weight excluding hydrogens is 364 g/mol. The number of pyridine rings is 2. The molecule has 4 heterocycles. The van der Waals surface area contributed by atoms with Gasteiger partial charge in [-0.15, -0.1) is 0 Å². The summed E-state index contributed by atoms with van der Waals surface area (Å²) in [6.45, 7) is 1.41. The fraction of sp³-hybridized carbons (Fsp3) is 0.318. The quantitative estimate of drug-likeness (QED) is 0.684. The molecule has 1 atom stereocenters. The van der Waals surface area contributed by atoms with E-state index in [9.17, 15) is 4.79 Å². The van der Waals surface area contributed by atoms with Gasteiger partial charge in [-0.2, -0.15) is 0 Å². The number of hydrogen-bond acceptors (Lipinski definition) is 6. The van der Waals surface area contributed by atoms with Crippen LogP contribution in [0.3, 0.4) is 0 Å². The van der Waals surface area contributed by atoms with E-state index in [2.05, 4.69) is 15.0 Å². The number of nitrogens with zero attached hydrogens (tertiary/aromatic N) is 6. The number of hydrogen-bond donors (Lipinski definition) is 0. The van der Waals surface area contributed by atoms with Crippen molar-refractivity contribution in [2.45, 2.75) is 18.8 Å². The molecule has 7 nitrogen and oxygen atoms in total. The zero-order chi connectivity index (χ0) is 20.2. The van der Waals surface area contributed by atoms with Crippen molar-refractivity contribution in [3.8, 4) is 11.4 Å². The van der Waals surface area contributed by atoms with E-state index in [-0.39, 0.29) is 11.8 Å². The molecule has 0 aliphatic carbocycles. The smallest absolute Gasteiger partial charge is 0.253 e. The SMILES string of the molecule is CN(C)c1cc([C@@H]2CCCN(C(=O)c3ccncc3)C2)nc(-c2cccnc2)n1. The first-order valence-electron chi connectivity index (χ1n) is 9.78. The fourth-order valence-electron chi connectivity index (χ4n) is 3.60. The lowest BCUT2D eigenvalue weighted by molar-refractivity contribution is 0.0706. The second-order valence-electron chi connectivity index (χ2n) is 7.44. The molecule has 0 bridgehead atoms. The maximum atomic E-state index is 12.9. The van der Waals surface area contributed by atoms with Gasteiger partial charge < -0.3 is 9.80 Å². The first kappa shape index (κ1) is 19.0. The van der Waals surface area contributed by atoms with Crippen LogP contribution in [0.1, 0.15) is 34.8 Å². The van der Waals surface area contributed by atoms with Gasteiger partial charge in [-0.25, -0.2) is 9.97 Å². The summed E-state index contributed by atoms with van der Waals surface area (Å²) in [5, 5.41) is 0. The fourth-order valence-corrected chi connectivity index (χ4v) is 3.60. The van der Waals surface area contributed by atoms with Crippen molar-refractivity contribution in [3.05, 3.63) is 66.4 Å². The number of carbonyl (C=O) groups excluding carboxylic acids is 1. The first-order chi connectivity index (χ1) is 14.1. The third-order valence-electron chi connectivity index (χ3n) is 5.16. The predicted octanol–water partition coefficient (Wildman–Crippen LogP) is 3.02. The molecule has 1 aliphatic rings. The summed E-state index contributed by atoms with van der Waals surface area (Å²) in [6, 6.07) is 9.41. The summed E-state index contributed by atoms with van der Waals surface area (Å²) in [5.41, 5.74) is 2.53. The van der Waals surface area contributed by atoms with Crippen LogP contribution in [0.15, 0.2) is 55.1 Å². The molecule has 0 radical (unpaired) electrons. The molecule has 3 aromatic rings. The van der Waals surface area contributed by atoms with Crippen LogP contribution in [0.25, 0.3) is 11.4 Å². The summed E-state index contributed by atoms with van der Waals surface area (Å²) < 4.78 is 0. The minimum Gasteiger partial charge on any atom is -0.363 e. The second kappa shape index (κ2) is 8.34. The van der Waals surface area contributed by atoms with E-state index in [1.807, 2.05) is 42.1 Å². The van der Waals surface area contributed by atoms with E-state index in [0.29, 0.717) is 17.9 Å². The van der Waals surface area contributed by atoms with E-state index in [4.69, 9.17) is 4.98 Å². The molecule has 0 spiro atoms. The lowest BCUT2D eigenvalue weighted by atomic mass is 9.93. The van der Waals surface area contributed by atoms with Crippen molar-refractivity contribution in [1.29, 1.82) is 0 Å². The molecule has 0 aromatic carbocycles. The zero-order valence-electron chi connectivity index (χ0n) is 16.7. The number of likely N-dealkylation sites (tertiary alicyclic amines) is 1. The molecule has 148 valence electrons. The molecule has 7 heteroatoms. The van der Waals surface area contributed by atoms with Crippen LogP contribution in [0.4, 0.5) is 5.82 Å². The zero-order valence-corrected chi connectivity index (χ0v) is 16.7. The highest BCUT2D eigenvalue weighted by atomic mass is 16.2. The molecule has 1 fully saturated rings. The highest BCUT2D eigenvalue weighted by Crippen LogP contribution is 2.30. The third kappa shape index (κ3) is 4.23. The van der Waals surface area contributed by atoms with Crippen molar-refractivity contribution in [3.63, 3.8) is 0 Å². The number of piperidine rings is 1. The van der Waals surface area contributed by atoms with Crippen LogP contribution in [0.5, 0.6) is 0 Å². The number of carbonyl (C=O) groups is 1. The summed E-state index contributed by atoms with van der Waals surface area (Å²) in [7, 11) is 3.94. The Bertz CT molecular complexity index is 977. The van der Waals surface area contributed by atoms with Gasteiger partial charge in [-0.3, -0.25) is 14.8 Å². The van der Waals surface area contributed by atoms with E-state index in [1.165, 1.54) is 0 Å². The molecule has 1 saturated heterocycles. The number of amides is 1. The maximum Gasteiger partial charge on any atom is 0.253 e. The van der Waals surface area contributed by atoms with Crippen LogP contribution in [-0.2, 0) is 0 Å². The van der Waals surface area contributed by atoms with Gasteiger partial charge in [0.15, 0.2) is 5.82 Å².